The Bertz CT molecular complexity index is 307. The van der Waals surface area contributed by atoms with E-state index in [4.69, 9.17) is 0 Å². The highest BCUT2D eigenvalue weighted by Crippen LogP contribution is 2.19. The average molecular weight is 233 g/mol. The van der Waals surface area contributed by atoms with Crippen LogP contribution in [0.1, 0.15) is 26.2 Å². The lowest BCUT2D eigenvalue weighted by molar-refractivity contribution is 0.373. The SMILES string of the molecule is CCCN(CC1CCNCC1)c1ccncc1. The minimum absolute atomic E-state index is 0.843. The Morgan fingerprint density at radius 3 is 2.65 bits per heavy atom. The minimum Gasteiger partial charge on any atom is -0.371 e. The second-order valence-electron chi connectivity index (χ2n) is 4.84. The molecular formula is C14H23N3. The molecule has 0 amide bonds. The molecule has 3 nitrogen and oxygen atoms in total. The third kappa shape index (κ3) is 3.70. The van der Waals surface area contributed by atoms with Crippen molar-refractivity contribution in [2.24, 2.45) is 5.92 Å². The van der Waals surface area contributed by atoms with Crippen molar-refractivity contribution in [3.8, 4) is 0 Å². The Morgan fingerprint density at radius 2 is 2.00 bits per heavy atom. The van der Waals surface area contributed by atoms with E-state index in [-0.39, 0.29) is 0 Å². The van der Waals surface area contributed by atoms with E-state index >= 15 is 0 Å². The zero-order valence-corrected chi connectivity index (χ0v) is 10.7. The van der Waals surface area contributed by atoms with Gasteiger partial charge in [0, 0.05) is 31.2 Å². The van der Waals surface area contributed by atoms with Crippen molar-refractivity contribution in [1.29, 1.82) is 0 Å². The van der Waals surface area contributed by atoms with E-state index in [1.165, 1.54) is 44.6 Å². The molecule has 1 N–H and O–H groups in total. The van der Waals surface area contributed by atoms with Gasteiger partial charge in [0.1, 0.15) is 0 Å². The molecule has 0 atom stereocenters. The lowest BCUT2D eigenvalue weighted by Gasteiger charge is -2.31. The fourth-order valence-electron chi connectivity index (χ4n) is 2.53. The number of nitrogens with zero attached hydrogens (tertiary/aromatic N) is 2. The highest BCUT2D eigenvalue weighted by atomic mass is 15.1. The van der Waals surface area contributed by atoms with Crippen LogP contribution >= 0.6 is 0 Å². The van der Waals surface area contributed by atoms with Crippen molar-refractivity contribution in [3.63, 3.8) is 0 Å². The summed E-state index contributed by atoms with van der Waals surface area (Å²) in [6.07, 6.45) is 7.60. The smallest absolute Gasteiger partial charge is 0.0397 e. The third-order valence-corrected chi connectivity index (χ3v) is 3.46. The molecule has 1 aromatic rings. The van der Waals surface area contributed by atoms with Gasteiger partial charge < -0.3 is 10.2 Å². The first kappa shape index (κ1) is 12.4. The number of nitrogens with one attached hydrogen (secondary N) is 1. The van der Waals surface area contributed by atoms with E-state index < -0.39 is 0 Å². The molecule has 1 fully saturated rings. The largest absolute Gasteiger partial charge is 0.371 e. The molecule has 1 aliphatic rings. The van der Waals surface area contributed by atoms with Gasteiger partial charge in [-0.15, -0.1) is 0 Å². The topological polar surface area (TPSA) is 28.2 Å². The van der Waals surface area contributed by atoms with Gasteiger partial charge in [-0.1, -0.05) is 6.92 Å². The molecule has 0 aliphatic carbocycles. The number of hydrogen-bond donors (Lipinski definition) is 1. The maximum atomic E-state index is 4.10. The molecule has 1 aliphatic heterocycles. The van der Waals surface area contributed by atoms with Crippen molar-refractivity contribution in [3.05, 3.63) is 24.5 Å². The molecule has 3 heteroatoms. The number of rotatable bonds is 5. The lowest BCUT2D eigenvalue weighted by atomic mass is 9.97. The van der Waals surface area contributed by atoms with Gasteiger partial charge in [-0.25, -0.2) is 0 Å². The molecule has 2 heterocycles. The Morgan fingerprint density at radius 1 is 1.29 bits per heavy atom. The molecule has 0 bridgehead atoms. The Kier molecular flexibility index (Phi) is 4.80. The highest BCUT2D eigenvalue weighted by Gasteiger charge is 2.16. The molecule has 0 unspecified atom stereocenters. The summed E-state index contributed by atoms with van der Waals surface area (Å²) in [7, 11) is 0. The molecule has 94 valence electrons. The zero-order valence-electron chi connectivity index (χ0n) is 10.7. The molecule has 1 aromatic heterocycles. The first-order valence-corrected chi connectivity index (χ1v) is 6.76. The van der Waals surface area contributed by atoms with Crippen LogP contribution in [-0.2, 0) is 0 Å². The quantitative estimate of drug-likeness (QED) is 0.846. The van der Waals surface area contributed by atoms with Crippen LogP contribution in [0.25, 0.3) is 0 Å². The van der Waals surface area contributed by atoms with E-state index in [1.54, 1.807) is 0 Å². The lowest BCUT2D eigenvalue weighted by Crippen LogP contribution is -2.36. The van der Waals surface area contributed by atoms with Crippen LogP contribution in [0.2, 0.25) is 0 Å². The van der Waals surface area contributed by atoms with Crippen molar-refractivity contribution in [1.82, 2.24) is 10.3 Å². The summed E-state index contributed by atoms with van der Waals surface area (Å²) in [4.78, 5) is 6.61. The third-order valence-electron chi connectivity index (χ3n) is 3.46. The summed E-state index contributed by atoms with van der Waals surface area (Å²) in [6.45, 7) is 6.95. The first-order chi connectivity index (χ1) is 8.40. The summed E-state index contributed by atoms with van der Waals surface area (Å²) in [6, 6.07) is 4.24. The predicted octanol–water partition coefficient (Wildman–Crippen LogP) is 2.30. The number of aromatic nitrogens is 1. The fourth-order valence-corrected chi connectivity index (χ4v) is 2.53. The monoisotopic (exact) mass is 233 g/mol. The minimum atomic E-state index is 0.843. The fraction of sp³-hybridized carbons (Fsp3) is 0.643. The summed E-state index contributed by atoms with van der Waals surface area (Å²) < 4.78 is 0. The van der Waals surface area contributed by atoms with Gasteiger partial charge in [-0.3, -0.25) is 4.98 Å². The Hall–Kier alpha value is -1.09. The van der Waals surface area contributed by atoms with E-state index in [1.807, 2.05) is 12.4 Å². The Balaban J connectivity index is 1.96. The second kappa shape index (κ2) is 6.60. The zero-order chi connectivity index (χ0) is 11.9. The summed E-state index contributed by atoms with van der Waals surface area (Å²) >= 11 is 0. The molecule has 1 saturated heterocycles. The molecule has 0 radical (unpaired) electrons. The number of hydrogen-bond acceptors (Lipinski definition) is 3. The van der Waals surface area contributed by atoms with Gasteiger partial charge in [-0.05, 0) is 50.4 Å². The van der Waals surface area contributed by atoms with Crippen molar-refractivity contribution in [2.75, 3.05) is 31.1 Å². The molecule has 0 aromatic carbocycles. The predicted molar refractivity (Wildman–Crippen MR) is 72.3 cm³/mol. The average Bonchev–Trinajstić information content (AvgIpc) is 2.40. The molecule has 0 saturated carbocycles. The van der Waals surface area contributed by atoms with Crippen LogP contribution in [0.3, 0.4) is 0 Å². The molecule has 2 rings (SSSR count). The first-order valence-electron chi connectivity index (χ1n) is 6.76. The van der Waals surface area contributed by atoms with Crippen molar-refractivity contribution in [2.45, 2.75) is 26.2 Å². The molecular weight excluding hydrogens is 210 g/mol. The second-order valence-corrected chi connectivity index (χ2v) is 4.84. The van der Waals surface area contributed by atoms with Crippen LogP contribution in [0.15, 0.2) is 24.5 Å². The highest BCUT2D eigenvalue weighted by molar-refractivity contribution is 5.44. The maximum Gasteiger partial charge on any atom is 0.0397 e. The van der Waals surface area contributed by atoms with Crippen LogP contribution < -0.4 is 10.2 Å². The van der Waals surface area contributed by atoms with E-state index in [0.29, 0.717) is 0 Å². The van der Waals surface area contributed by atoms with E-state index in [9.17, 15) is 0 Å². The van der Waals surface area contributed by atoms with Crippen LogP contribution in [-0.4, -0.2) is 31.2 Å². The van der Waals surface area contributed by atoms with Gasteiger partial charge in [0.05, 0.1) is 0 Å². The van der Waals surface area contributed by atoms with E-state index in [0.717, 1.165) is 12.5 Å². The van der Waals surface area contributed by atoms with Gasteiger partial charge in [0.2, 0.25) is 0 Å². The van der Waals surface area contributed by atoms with Gasteiger partial charge in [-0.2, -0.15) is 0 Å². The summed E-state index contributed by atoms with van der Waals surface area (Å²) in [5.74, 6) is 0.843. The van der Waals surface area contributed by atoms with Gasteiger partial charge in [0.15, 0.2) is 0 Å². The molecule has 0 spiro atoms. The van der Waals surface area contributed by atoms with Crippen LogP contribution in [0.5, 0.6) is 0 Å². The number of pyridine rings is 1. The summed E-state index contributed by atoms with van der Waals surface area (Å²) in [5.41, 5.74) is 1.32. The van der Waals surface area contributed by atoms with Crippen molar-refractivity contribution >= 4 is 5.69 Å². The van der Waals surface area contributed by atoms with Crippen LogP contribution in [0.4, 0.5) is 5.69 Å². The Labute approximate surface area is 104 Å². The van der Waals surface area contributed by atoms with Gasteiger partial charge >= 0.3 is 0 Å². The maximum absolute atomic E-state index is 4.10. The van der Waals surface area contributed by atoms with Gasteiger partial charge in [0.25, 0.3) is 0 Å². The normalized spacial score (nSPS) is 17.0. The van der Waals surface area contributed by atoms with Crippen molar-refractivity contribution < 1.29 is 0 Å². The van der Waals surface area contributed by atoms with E-state index in [2.05, 4.69) is 34.3 Å². The molecule has 17 heavy (non-hydrogen) atoms. The van der Waals surface area contributed by atoms with Crippen LogP contribution in [0, 0.1) is 5.92 Å². The summed E-state index contributed by atoms with van der Waals surface area (Å²) in [5, 5.41) is 3.43. The standard InChI is InChI=1S/C14H23N3/c1-2-11-17(14-5-9-16-10-6-14)12-13-3-7-15-8-4-13/h5-6,9-10,13,15H,2-4,7-8,11-12H2,1H3. The number of piperidine rings is 1. The number of anilines is 1.